The van der Waals surface area contributed by atoms with Crippen molar-refractivity contribution in [3.63, 3.8) is 0 Å². The van der Waals surface area contributed by atoms with E-state index in [1.165, 1.54) is 0 Å². The lowest BCUT2D eigenvalue weighted by molar-refractivity contribution is -0.145. The molecular weight excluding hydrogens is 322 g/mol. The fraction of sp³-hybridized carbons (Fsp3) is 0.867. The van der Waals surface area contributed by atoms with Gasteiger partial charge in [0.15, 0.2) is 0 Å². The Labute approximate surface area is 143 Å². The molecule has 2 amide bonds. The fourth-order valence-corrected chi connectivity index (χ4v) is 4.29. The summed E-state index contributed by atoms with van der Waals surface area (Å²) in [7, 11) is 0. The maximum atomic E-state index is 12.8. The standard InChI is InChI=1S/C15H27N3O2S.ClH/c1-4-10(2)14(19)18-9-21-8-13(18)15(20)17-7-12(6-16)5-11(17)3;/h10-13H,4-9,16H2,1-3H3;1H. The number of carbonyl (C=O) groups excluding carboxylic acids is 2. The average Bonchev–Trinajstić information content (AvgIpc) is 3.11. The van der Waals surface area contributed by atoms with Crippen molar-refractivity contribution in [1.29, 1.82) is 0 Å². The first-order valence-corrected chi connectivity index (χ1v) is 9.03. The van der Waals surface area contributed by atoms with Crippen LogP contribution in [0.3, 0.4) is 0 Å². The zero-order chi connectivity index (χ0) is 15.6. The Morgan fingerprint density at radius 1 is 1.36 bits per heavy atom. The van der Waals surface area contributed by atoms with Crippen LogP contribution >= 0.6 is 24.2 Å². The summed E-state index contributed by atoms with van der Waals surface area (Å²) in [5.74, 6) is 1.98. The van der Waals surface area contributed by atoms with E-state index in [0.29, 0.717) is 18.3 Å². The Balaban J connectivity index is 0.00000242. The van der Waals surface area contributed by atoms with Crippen LogP contribution in [-0.4, -0.2) is 58.4 Å². The quantitative estimate of drug-likeness (QED) is 0.836. The molecule has 2 N–H and O–H groups in total. The first-order valence-electron chi connectivity index (χ1n) is 7.88. The molecule has 2 fully saturated rings. The van der Waals surface area contributed by atoms with Crippen LogP contribution in [0.4, 0.5) is 0 Å². The van der Waals surface area contributed by atoms with E-state index in [-0.39, 0.29) is 42.2 Å². The molecule has 0 spiro atoms. The van der Waals surface area contributed by atoms with Crippen molar-refractivity contribution >= 4 is 36.0 Å². The van der Waals surface area contributed by atoms with Crippen molar-refractivity contribution in [3.8, 4) is 0 Å². The highest BCUT2D eigenvalue weighted by Crippen LogP contribution is 2.29. The maximum absolute atomic E-state index is 12.8. The van der Waals surface area contributed by atoms with Gasteiger partial charge in [-0.3, -0.25) is 9.59 Å². The second-order valence-electron chi connectivity index (χ2n) is 6.31. The number of amides is 2. The van der Waals surface area contributed by atoms with Gasteiger partial charge in [0.05, 0.1) is 5.88 Å². The number of carbonyl (C=O) groups is 2. The maximum Gasteiger partial charge on any atom is 0.246 e. The lowest BCUT2D eigenvalue weighted by atomic mass is 10.1. The van der Waals surface area contributed by atoms with Crippen LogP contribution < -0.4 is 5.73 Å². The van der Waals surface area contributed by atoms with E-state index >= 15 is 0 Å². The summed E-state index contributed by atoms with van der Waals surface area (Å²) in [6.45, 7) is 7.40. The number of nitrogens with two attached hydrogens (primary N) is 1. The smallest absolute Gasteiger partial charge is 0.246 e. The molecule has 22 heavy (non-hydrogen) atoms. The van der Waals surface area contributed by atoms with Crippen molar-refractivity contribution in [2.24, 2.45) is 17.6 Å². The van der Waals surface area contributed by atoms with Gasteiger partial charge in [0.25, 0.3) is 0 Å². The van der Waals surface area contributed by atoms with Gasteiger partial charge in [-0.2, -0.15) is 0 Å². The number of nitrogens with zero attached hydrogens (tertiary/aromatic N) is 2. The lowest BCUT2D eigenvalue weighted by Gasteiger charge is -2.31. The molecule has 0 aromatic rings. The van der Waals surface area contributed by atoms with Gasteiger partial charge in [0, 0.05) is 24.3 Å². The summed E-state index contributed by atoms with van der Waals surface area (Å²) in [6, 6.07) is -0.0484. The highest BCUT2D eigenvalue weighted by molar-refractivity contribution is 7.99. The molecule has 2 rings (SSSR count). The minimum Gasteiger partial charge on any atom is -0.338 e. The van der Waals surface area contributed by atoms with Gasteiger partial charge in [-0.25, -0.2) is 0 Å². The lowest BCUT2D eigenvalue weighted by Crippen LogP contribution is -2.51. The summed E-state index contributed by atoms with van der Waals surface area (Å²) in [6.07, 6.45) is 1.79. The average molecular weight is 350 g/mol. The molecule has 7 heteroatoms. The van der Waals surface area contributed by atoms with Crippen LogP contribution in [0.15, 0.2) is 0 Å². The van der Waals surface area contributed by atoms with Crippen LogP contribution in [0.1, 0.15) is 33.6 Å². The van der Waals surface area contributed by atoms with Crippen molar-refractivity contribution in [3.05, 3.63) is 0 Å². The highest BCUT2D eigenvalue weighted by atomic mass is 35.5. The summed E-state index contributed by atoms with van der Waals surface area (Å²) < 4.78 is 0. The number of hydrogen-bond donors (Lipinski definition) is 1. The number of likely N-dealkylation sites (tertiary alicyclic amines) is 1. The molecule has 0 saturated carbocycles. The highest BCUT2D eigenvalue weighted by Gasteiger charge is 2.41. The molecule has 2 aliphatic heterocycles. The number of thioether (sulfide) groups is 1. The summed E-state index contributed by atoms with van der Waals surface area (Å²) >= 11 is 1.67. The van der Waals surface area contributed by atoms with E-state index in [1.807, 2.05) is 18.7 Å². The molecule has 0 aliphatic carbocycles. The fourth-order valence-electron chi connectivity index (χ4n) is 3.13. The van der Waals surface area contributed by atoms with E-state index < -0.39 is 0 Å². The van der Waals surface area contributed by atoms with Gasteiger partial charge in [0.2, 0.25) is 11.8 Å². The van der Waals surface area contributed by atoms with E-state index in [4.69, 9.17) is 5.73 Å². The minimum absolute atomic E-state index is 0. The predicted octanol–water partition coefficient (Wildman–Crippen LogP) is 1.55. The van der Waals surface area contributed by atoms with Gasteiger partial charge in [-0.1, -0.05) is 13.8 Å². The molecule has 2 saturated heterocycles. The Morgan fingerprint density at radius 3 is 2.59 bits per heavy atom. The zero-order valence-corrected chi connectivity index (χ0v) is 15.3. The van der Waals surface area contributed by atoms with Crippen molar-refractivity contribution < 1.29 is 9.59 Å². The van der Waals surface area contributed by atoms with Gasteiger partial charge < -0.3 is 15.5 Å². The summed E-state index contributed by atoms with van der Waals surface area (Å²) in [4.78, 5) is 29.0. The van der Waals surface area contributed by atoms with E-state index in [9.17, 15) is 9.59 Å². The van der Waals surface area contributed by atoms with Crippen LogP contribution in [0.2, 0.25) is 0 Å². The third-order valence-electron chi connectivity index (χ3n) is 4.76. The van der Waals surface area contributed by atoms with Crippen molar-refractivity contribution in [1.82, 2.24) is 9.80 Å². The number of rotatable bonds is 4. The molecule has 5 nitrogen and oxygen atoms in total. The molecule has 4 atom stereocenters. The third-order valence-corrected chi connectivity index (χ3v) is 5.77. The first-order chi connectivity index (χ1) is 9.99. The normalized spacial score (nSPS) is 29.4. The topological polar surface area (TPSA) is 66.6 Å². The molecule has 0 aromatic carbocycles. The minimum atomic E-state index is -0.282. The first kappa shape index (κ1) is 19.6. The number of hydrogen-bond acceptors (Lipinski definition) is 4. The van der Waals surface area contributed by atoms with Gasteiger partial charge >= 0.3 is 0 Å². The predicted molar refractivity (Wildman–Crippen MR) is 93.0 cm³/mol. The second kappa shape index (κ2) is 8.41. The second-order valence-corrected chi connectivity index (χ2v) is 7.31. The molecule has 2 aliphatic rings. The molecule has 0 bridgehead atoms. The molecule has 2 heterocycles. The summed E-state index contributed by atoms with van der Waals surface area (Å²) in [5.41, 5.74) is 5.74. The number of halogens is 1. The van der Waals surface area contributed by atoms with E-state index in [2.05, 4.69) is 6.92 Å². The molecular formula is C15H28ClN3O2S. The Morgan fingerprint density at radius 2 is 2.05 bits per heavy atom. The van der Waals surface area contributed by atoms with Crippen LogP contribution in [0.25, 0.3) is 0 Å². The largest absolute Gasteiger partial charge is 0.338 e. The molecule has 4 unspecified atom stereocenters. The summed E-state index contributed by atoms with van der Waals surface area (Å²) in [5, 5.41) is 0. The van der Waals surface area contributed by atoms with Gasteiger partial charge in [-0.05, 0) is 32.2 Å². The van der Waals surface area contributed by atoms with Gasteiger partial charge in [-0.15, -0.1) is 24.2 Å². The van der Waals surface area contributed by atoms with Crippen LogP contribution in [0.5, 0.6) is 0 Å². The van der Waals surface area contributed by atoms with E-state index in [0.717, 1.165) is 25.1 Å². The van der Waals surface area contributed by atoms with Crippen LogP contribution in [0, 0.1) is 11.8 Å². The molecule has 0 aromatic heterocycles. The SMILES string of the molecule is CCC(C)C(=O)N1CSCC1C(=O)N1CC(CN)CC1C.Cl. The molecule has 0 radical (unpaired) electrons. The van der Waals surface area contributed by atoms with Crippen molar-refractivity contribution in [2.45, 2.75) is 45.7 Å². The monoisotopic (exact) mass is 349 g/mol. The molecule has 128 valence electrons. The van der Waals surface area contributed by atoms with Gasteiger partial charge in [0.1, 0.15) is 6.04 Å². The Hall–Kier alpha value is -0.460. The zero-order valence-electron chi connectivity index (χ0n) is 13.7. The van der Waals surface area contributed by atoms with Crippen molar-refractivity contribution in [2.75, 3.05) is 24.7 Å². The Bertz CT molecular complexity index is 410. The Kier molecular flexibility index (Phi) is 7.49. The third kappa shape index (κ3) is 3.89. The van der Waals surface area contributed by atoms with Crippen LogP contribution in [-0.2, 0) is 9.59 Å². The van der Waals surface area contributed by atoms with E-state index in [1.54, 1.807) is 16.7 Å².